The number of carbonyl (C=O) groups is 1. The van der Waals surface area contributed by atoms with Crippen LogP contribution in [0.2, 0.25) is 0 Å². The van der Waals surface area contributed by atoms with Crippen LogP contribution < -0.4 is 5.43 Å². The van der Waals surface area contributed by atoms with Crippen LogP contribution in [0.5, 0.6) is 0 Å². The summed E-state index contributed by atoms with van der Waals surface area (Å²) >= 11 is 0. The maximum absolute atomic E-state index is 11.2. The van der Waals surface area contributed by atoms with Crippen molar-refractivity contribution in [3.8, 4) is 6.07 Å². The third-order valence-corrected chi connectivity index (χ3v) is 1.89. The van der Waals surface area contributed by atoms with Gasteiger partial charge in [0.05, 0.1) is 12.3 Å². The second-order valence-corrected chi connectivity index (χ2v) is 3.27. The number of ether oxygens (including phenoxy) is 1. The molecule has 88 valence electrons. The molecular formula is C12H13N3O2. The standard InChI is InChI=1S/C12H13N3O2/c1-3-17-12(16)11(8-13)15-14-10-6-4-5-9(2)7-10/h4-7,14H,3H2,1-2H3. The van der Waals surface area contributed by atoms with Crippen molar-refractivity contribution in [2.24, 2.45) is 5.10 Å². The van der Waals surface area contributed by atoms with E-state index in [0.29, 0.717) is 5.69 Å². The van der Waals surface area contributed by atoms with Gasteiger partial charge in [0.15, 0.2) is 0 Å². The Morgan fingerprint density at radius 1 is 1.59 bits per heavy atom. The highest BCUT2D eigenvalue weighted by Crippen LogP contribution is 2.09. The molecule has 1 rings (SSSR count). The summed E-state index contributed by atoms with van der Waals surface area (Å²) < 4.78 is 4.67. The Hall–Kier alpha value is -2.35. The maximum Gasteiger partial charge on any atom is 0.369 e. The molecule has 0 unspecified atom stereocenters. The van der Waals surface area contributed by atoms with Gasteiger partial charge in [-0.2, -0.15) is 10.4 Å². The summed E-state index contributed by atoms with van der Waals surface area (Å²) in [5.41, 5.74) is 4.11. The number of hydrogen-bond acceptors (Lipinski definition) is 5. The van der Waals surface area contributed by atoms with E-state index in [-0.39, 0.29) is 12.3 Å². The number of benzene rings is 1. The summed E-state index contributed by atoms with van der Waals surface area (Å²) in [4.78, 5) is 11.2. The van der Waals surface area contributed by atoms with E-state index in [1.165, 1.54) is 0 Å². The largest absolute Gasteiger partial charge is 0.461 e. The fraction of sp³-hybridized carbons (Fsp3) is 0.250. The highest BCUT2D eigenvalue weighted by molar-refractivity contribution is 6.43. The first kappa shape index (κ1) is 12.7. The van der Waals surface area contributed by atoms with Crippen LogP contribution in [-0.4, -0.2) is 18.3 Å². The number of aryl methyl sites for hydroxylation is 1. The molecular weight excluding hydrogens is 218 g/mol. The molecule has 0 spiro atoms. The van der Waals surface area contributed by atoms with E-state index in [2.05, 4.69) is 15.3 Å². The fourth-order valence-corrected chi connectivity index (χ4v) is 1.15. The van der Waals surface area contributed by atoms with Crippen molar-refractivity contribution in [3.05, 3.63) is 29.8 Å². The molecule has 0 atom stereocenters. The Morgan fingerprint density at radius 3 is 2.94 bits per heavy atom. The minimum atomic E-state index is -0.727. The molecule has 5 heteroatoms. The van der Waals surface area contributed by atoms with E-state index in [9.17, 15) is 4.79 Å². The van der Waals surface area contributed by atoms with Gasteiger partial charge >= 0.3 is 5.97 Å². The number of nitrogens with zero attached hydrogens (tertiary/aromatic N) is 2. The quantitative estimate of drug-likeness (QED) is 0.487. The normalized spacial score (nSPS) is 10.5. The lowest BCUT2D eigenvalue weighted by atomic mass is 10.2. The van der Waals surface area contributed by atoms with Gasteiger partial charge in [-0.15, -0.1) is 0 Å². The van der Waals surface area contributed by atoms with Gasteiger partial charge in [-0.3, -0.25) is 5.43 Å². The van der Waals surface area contributed by atoms with Gasteiger partial charge in [-0.05, 0) is 31.5 Å². The summed E-state index contributed by atoms with van der Waals surface area (Å²) in [5, 5.41) is 12.4. The van der Waals surface area contributed by atoms with E-state index in [0.717, 1.165) is 5.56 Å². The molecule has 0 radical (unpaired) electrons. The van der Waals surface area contributed by atoms with E-state index in [4.69, 9.17) is 5.26 Å². The van der Waals surface area contributed by atoms with Crippen LogP contribution >= 0.6 is 0 Å². The number of carbonyl (C=O) groups excluding carboxylic acids is 1. The SMILES string of the molecule is CCOC(=O)C(C#N)=NNc1cccc(C)c1. The van der Waals surface area contributed by atoms with Crippen molar-refractivity contribution in [1.82, 2.24) is 0 Å². The predicted molar refractivity (Wildman–Crippen MR) is 64.5 cm³/mol. The van der Waals surface area contributed by atoms with E-state index in [1.54, 1.807) is 19.1 Å². The molecule has 5 nitrogen and oxygen atoms in total. The molecule has 0 saturated heterocycles. The highest BCUT2D eigenvalue weighted by Gasteiger charge is 2.11. The molecule has 0 fully saturated rings. The van der Waals surface area contributed by atoms with Crippen LogP contribution in [0.15, 0.2) is 29.4 Å². The van der Waals surface area contributed by atoms with Gasteiger partial charge in [-0.25, -0.2) is 4.79 Å². The Balaban J connectivity index is 2.75. The highest BCUT2D eigenvalue weighted by atomic mass is 16.5. The molecule has 0 amide bonds. The van der Waals surface area contributed by atoms with E-state index >= 15 is 0 Å². The van der Waals surface area contributed by atoms with E-state index < -0.39 is 5.97 Å². The molecule has 1 N–H and O–H groups in total. The second-order valence-electron chi connectivity index (χ2n) is 3.27. The lowest BCUT2D eigenvalue weighted by molar-refractivity contribution is -0.134. The third kappa shape index (κ3) is 3.95. The van der Waals surface area contributed by atoms with Crippen molar-refractivity contribution < 1.29 is 9.53 Å². The third-order valence-electron chi connectivity index (χ3n) is 1.89. The predicted octanol–water partition coefficient (Wildman–Crippen LogP) is 1.85. The summed E-state index contributed by atoms with van der Waals surface area (Å²) in [5.74, 6) is -0.727. The first-order valence-corrected chi connectivity index (χ1v) is 5.15. The zero-order valence-corrected chi connectivity index (χ0v) is 9.73. The average molecular weight is 231 g/mol. The van der Waals surface area contributed by atoms with Gasteiger partial charge in [0, 0.05) is 0 Å². The molecule has 0 heterocycles. The van der Waals surface area contributed by atoms with Crippen molar-refractivity contribution in [2.45, 2.75) is 13.8 Å². The average Bonchev–Trinajstić information content (AvgIpc) is 2.30. The smallest absolute Gasteiger partial charge is 0.369 e. The number of hydrogen-bond donors (Lipinski definition) is 1. The molecule has 0 aliphatic carbocycles. The van der Waals surface area contributed by atoms with Crippen LogP contribution in [0.3, 0.4) is 0 Å². The van der Waals surface area contributed by atoms with Crippen LogP contribution in [0, 0.1) is 18.3 Å². The fourth-order valence-electron chi connectivity index (χ4n) is 1.15. The van der Waals surface area contributed by atoms with Crippen molar-refractivity contribution in [3.63, 3.8) is 0 Å². The summed E-state index contributed by atoms with van der Waals surface area (Å²) in [6, 6.07) is 9.11. The molecule has 1 aromatic carbocycles. The molecule has 1 aromatic rings. The minimum absolute atomic E-state index is 0.212. The van der Waals surface area contributed by atoms with Crippen molar-refractivity contribution >= 4 is 17.4 Å². The number of hydrazone groups is 1. The zero-order chi connectivity index (χ0) is 12.7. The first-order valence-electron chi connectivity index (χ1n) is 5.15. The monoisotopic (exact) mass is 231 g/mol. The lowest BCUT2D eigenvalue weighted by Gasteiger charge is -2.02. The Kier molecular flexibility index (Phi) is 4.70. The van der Waals surface area contributed by atoms with Crippen LogP contribution in [-0.2, 0) is 9.53 Å². The molecule has 0 aliphatic heterocycles. The molecule has 0 aromatic heterocycles. The number of nitriles is 1. The number of rotatable bonds is 4. The Bertz CT molecular complexity index is 475. The van der Waals surface area contributed by atoms with E-state index in [1.807, 2.05) is 25.1 Å². The van der Waals surface area contributed by atoms with Gasteiger partial charge < -0.3 is 4.74 Å². The van der Waals surface area contributed by atoms with Gasteiger partial charge in [-0.1, -0.05) is 12.1 Å². The molecule has 0 bridgehead atoms. The van der Waals surface area contributed by atoms with Gasteiger partial charge in [0.25, 0.3) is 0 Å². The van der Waals surface area contributed by atoms with Gasteiger partial charge in [0.2, 0.25) is 5.71 Å². The summed E-state index contributed by atoms with van der Waals surface area (Å²) in [6.07, 6.45) is 0. The zero-order valence-electron chi connectivity index (χ0n) is 9.73. The number of nitrogens with one attached hydrogen (secondary N) is 1. The topological polar surface area (TPSA) is 74.5 Å². The Labute approximate surface area is 99.7 Å². The minimum Gasteiger partial charge on any atom is -0.461 e. The first-order chi connectivity index (χ1) is 8.17. The van der Waals surface area contributed by atoms with Gasteiger partial charge in [0.1, 0.15) is 6.07 Å². The van der Waals surface area contributed by atoms with Crippen molar-refractivity contribution in [2.75, 3.05) is 12.0 Å². The molecule has 0 aliphatic rings. The molecule has 17 heavy (non-hydrogen) atoms. The van der Waals surface area contributed by atoms with Crippen LogP contribution in [0.4, 0.5) is 5.69 Å². The summed E-state index contributed by atoms with van der Waals surface area (Å²) in [6.45, 7) is 3.82. The summed E-state index contributed by atoms with van der Waals surface area (Å²) in [7, 11) is 0. The second kappa shape index (κ2) is 6.28. The lowest BCUT2D eigenvalue weighted by Crippen LogP contribution is -2.17. The maximum atomic E-state index is 11.2. The van der Waals surface area contributed by atoms with Crippen LogP contribution in [0.25, 0.3) is 0 Å². The van der Waals surface area contributed by atoms with Crippen LogP contribution in [0.1, 0.15) is 12.5 Å². The molecule has 0 saturated carbocycles. The number of anilines is 1. The Morgan fingerprint density at radius 2 is 2.35 bits per heavy atom. The van der Waals surface area contributed by atoms with Crippen molar-refractivity contribution in [1.29, 1.82) is 5.26 Å². The number of esters is 1.